The molecule has 5 atom stereocenters. The molecular formula is C15H21N3O5. The summed E-state index contributed by atoms with van der Waals surface area (Å²) in [6.45, 7) is 0.633. The normalized spacial score (nSPS) is 39.7. The van der Waals surface area contributed by atoms with Crippen LogP contribution in [-0.4, -0.2) is 48.8 Å². The predicted octanol–water partition coefficient (Wildman–Crippen LogP) is 2.21. The number of esters is 1. The Bertz CT molecular complexity index is 525. The molecule has 1 spiro atoms. The van der Waals surface area contributed by atoms with Crippen LogP contribution in [0.25, 0.3) is 10.4 Å². The average molecular weight is 323 g/mol. The monoisotopic (exact) mass is 323 g/mol. The lowest BCUT2D eigenvalue weighted by Crippen LogP contribution is -2.44. The first-order valence-electron chi connectivity index (χ1n) is 8.42. The molecule has 4 aliphatic rings. The molecule has 4 fully saturated rings. The molecule has 0 amide bonds. The average Bonchev–Trinajstić information content (AvgIpc) is 3.22. The Morgan fingerprint density at radius 3 is 2.65 bits per heavy atom. The Balaban J connectivity index is 1.58. The lowest BCUT2D eigenvalue weighted by Gasteiger charge is -2.32. The smallest absolute Gasteiger partial charge is 0.306 e. The largest absolute Gasteiger partial charge is 0.462 e. The van der Waals surface area contributed by atoms with E-state index in [9.17, 15) is 4.79 Å². The lowest BCUT2D eigenvalue weighted by molar-refractivity contribution is -0.197. The van der Waals surface area contributed by atoms with Crippen molar-refractivity contribution >= 4 is 5.97 Å². The summed E-state index contributed by atoms with van der Waals surface area (Å²) in [5.41, 5.74) is 8.96. The summed E-state index contributed by atoms with van der Waals surface area (Å²) in [6, 6.07) is -0.568. The molecule has 1 aliphatic carbocycles. The highest BCUT2D eigenvalue weighted by Gasteiger charge is 2.57. The first kappa shape index (κ1) is 15.2. The quantitative estimate of drug-likeness (QED) is 0.259. The first-order valence-corrected chi connectivity index (χ1v) is 8.42. The van der Waals surface area contributed by atoms with Crippen molar-refractivity contribution in [2.24, 2.45) is 5.11 Å². The third kappa shape index (κ3) is 2.92. The van der Waals surface area contributed by atoms with Crippen molar-refractivity contribution in [3.63, 3.8) is 0 Å². The molecule has 5 unspecified atom stereocenters. The molecule has 3 aliphatic heterocycles. The van der Waals surface area contributed by atoms with Crippen molar-refractivity contribution in [1.29, 1.82) is 0 Å². The molecule has 0 aromatic carbocycles. The number of carbonyl (C=O) groups excluding carboxylic acids is 1. The molecule has 0 aromatic rings. The molecule has 126 valence electrons. The maximum absolute atomic E-state index is 11.4. The van der Waals surface area contributed by atoms with Crippen LogP contribution in [0.15, 0.2) is 5.11 Å². The highest BCUT2D eigenvalue weighted by atomic mass is 16.8. The van der Waals surface area contributed by atoms with E-state index in [4.69, 9.17) is 24.5 Å². The number of hydrogen-bond acceptors (Lipinski definition) is 6. The molecule has 0 bridgehead atoms. The fourth-order valence-electron chi connectivity index (χ4n) is 3.98. The first-order chi connectivity index (χ1) is 11.2. The van der Waals surface area contributed by atoms with Gasteiger partial charge in [-0.1, -0.05) is 11.5 Å². The van der Waals surface area contributed by atoms with E-state index in [0.717, 1.165) is 25.7 Å². The molecule has 1 saturated carbocycles. The molecule has 4 rings (SSSR count). The number of hydrogen-bond donors (Lipinski definition) is 0. The van der Waals surface area contributed by atoms with Gasteiger partial charge < -0.3 is 18.9 Å². The van der Waals surface area contributed by atoms with Crippen LogP contribution < -0.4 is 0 Å². The molecule has 0 radical (unpaired) electrons. The molecule has 0 N–H and O–H groups in total. The summed E-state index contributed by atoms with van der Waals surface area (Å²) in [5, 5.41) is 3.90. The van der Waals surface area contributed by atoms with Gasteiger partial charge in [-0.2, -0.15) is 0 Å². The van der Waals surface area contributed by atoms with Gasteiger partial charge in [0.15, 0.2) is 5.79 Å². The molecule has 8 nitrogen and oxygen atoms in total. The van der Waals surface area contributed by atoms with E-state index in [0.29, 0.717) is 19.4 Å². The van der Waals surface area contributed by atoms with Crippen LogP contribution in [0, 0.1) is 0 Å². The topological polar surface area (TPSA) is 106 Å². The second-order valence-corrected chi connectivity index (χ2v) is 6.77. The molecule has 3 saturated heterocycles. The molecule has 8 heteroatoms. The van der Waals surface area contributed by atoms with Crippen LogP contribution in [0.3, 0.4) is 0 Å². The number of azide groups is 1. The summed E-state index contributed by atoms with van der Waals surface area (Å²) in [5.74, 6) is -0.843. The van der Waals surface area contributed by atoms with Crippen LogP contribution in [0.5, 0.6) is 0 Å². The zero-order chi connectivity index (χ0) is 15.9. The third-order valence-corrected chi connectivity index (χ3v) is 5.18. The van der Waals surface area contributed by atoms with Crippen LogP contribution in [0.1, 0.15) is 44.9 Å². The van der Waals surface area contributed by atoms with Gasteiger partial charge in [-0.25, -0.2) is 0 Å². The van der Waals surface area contributed by atoms with E-state index in [-0.39, 0.29) is 18.2 Å². The summed E-state index contributed by atoms with van der Waals surface area (Å²) in [6.07, 6.45) is 4.77. The Morgan fingerprint density at radius 2 is 2.04 bits per heavy atom. The van der Waals surface area contributed by atoms with Gasteiger partial charge in [0.1, 0.15) is 30.5 Å². The zero-order valence-electron chi connectivity index (χ0n) is 12.9. The Hall–Kier alpha value is -1.34. The lowest BCUT2D eigenvalue weighted by atomic mass is 9.94. The Labute approximate surface area is 134 Å². The van der Waals surface area contributed by atoms with Crippen LogP contribution >= 0.6 is 0 Å². The van der Waals surface area contributed by atoms with Crippen molar-refractivity contribution in [2.45, 2.75) is 81.2 Å². The summed E-state index contributed by atoms with van der Waals surface area (Å²) in [7, 11) is 0. The van der Waals surface area contributed by atoms with Crippen LogP contribution in [-0.2, 0) is 23.7 Å². The van der Waals surface area contributed by atoms with Gasteiger partial charge in [0.25, 0.3) is 0 Å². The fourth-order valence-corrected chi connectivity index (χ4v) is 3.98. The Kier molecular flexibility index (Phi) is 3.93. The second kappa shape index (κ2) is 5.94. The third-order valence-electron chi connectivity index (χ3n) is 5.18. The molecular weight excluding hydrogens is 302 g/mol. The predicted molar refractivity (Wildman–Crippen MR) is 77.4 cm³/mol. The highest BCUT2D eigenvalue weighted by molar-refractivity contribution is 5.71. The summed E-state index contributed by atoms with van der Waals surface area (Å²) in [4.78, 5) is 14.4. The SMILES string of the molecule is [N-]=[N+]=NC(C1CCC(=O)O1)C1OC2(CCCCC2)OC1C1CO1. The summed E-state index contributed by atoms with van der Waals surface area (Å²) < 4.78 is 23.3. The van der Waals surface area contributed by atoms with E-state index in [1.54, 1.807) is 0 Å². The van der Waals surface area contributed by atoms with Crippen LogP contribution in [0.2, 0.25) is 0 Å². The maximum atomic E-state index is 11.4. The molecule has 3 heterocycles. The van der Waals surface area contributed by atoms with Gasteiger partial charge in [0, 0.05) is 24.2 Å². The number of epoxide rings is 1. The number of nitrogens with zero attached hydrogens (tertiary/aromatic N) is 3. The van der Waals surface area contributed by atoms with Gasteiger partial charge in [-0.15, -0.1) is 0 Å². The molecule has 23 heavy (non-hydrogen) atoms. The van der Waals surface area contributed by atoms with Gasteiger partial charge >= 0.3 is 5.97 Å². The minimum atomic E-state index is -0.592. The fraction of sp³-hybridized carbons (Fsp3) is 0.933. The minimum Gasteiger partial charge on any atom is -0.462 e. The minimum absolute atomic E-state index is 0.0187. The summed E-state index contributed by atoms with van der Waals surface area (Å²) >= 11 is 0. The highest BCUT2D eigenvalue weighted by Crippen LogP contribution is 2.45. The van der Waals surface area contributed by atoms with E-state index >= 15 is 0 Å². The van der Waals surface area contributed by atoms with Crippen molar-refractivity contribution in [3.8, 4) is 0 Å². The number of ether oxygens (including phenoxy) is 4. The number of carbonyl (C=O) groups is 1. The van der Waals surface area contributed by atoms with E-state index in [1.807, 2.05) is 0 Å². The van der Waals surface area contributed by atoms with Crippen molar-refractivity contribution in [1.82, 2.24) is 0 Å². The van der Waals surface area contributed by atoms with Gasteiger partial charge in [-0.3, -0.25) is 4.79 Å². The van der Waals surface area contributed by atoms with Crippen molar-refractivity contribution in [3.05, 3.63) is 10.4 Å². The number of rotatable bonds is 4. The van der Waals surface area contributed by atoms with Gasteiger partial charge in [-0.05, 0) is 24.8 Å². The van der Waals surface area contributed by atoms with Crippen molar-refractivity contribution in [2.75, 3.05) is 6.61 Å². The van der Waals surface area contributed by atoms with Gasteiger partial charge in [0.05, 0.1) is 6.61 Å². The zero-order valence-corrected chi connectivity index (χ0v) is 12.9. The maximum Gasteiger partial charge on any atom is 0.306 e. The van der Waals surface area contributed by atoms with E-state index in [1.165, 1.54) is 6.42 Å². The second-order valence-electron chi connectivity index (χ2n) is 6.77. The molecule has 0 aromatic heterocycles. The standard InChI is InChI=1S/C15H21N3O5/c16-18-17-12(9-4-5-11(19)21-9)14-13(10-8-20-10)22-15(23-14)6-2-1-3-7-15/h9-10,12-14H,1-8H2. The van der Waals surface area contributed by atoms with Crippen molar-refractivity contribution < 1.29 is 23.7 Å². The Morgan fingerprint density at radius 1 is 1.26 bits per heavy atom. The number of cyclic esters (lactones) is 1. The van der Waals surface area contributed by atoms with Crippen LogP contribution in [0.4, 0.5) is 0 Å². The van der Waals surface area contributed by atoms with Gasteiger partial charge in [0.2, 0.25) is 0 Å². The van der Waals surface area contributed by atoms with E-state index < -0.39 is 24.0 Å². The van der Waals surface area contributed by atoms with E-state index in [2.05, 4.69) is 10.0 Å².